The van der Waals surface area contributed by atoms with Crippen molar-refractivity contribution < 1.29 is 19.2 Å². The molecule has 1 unspecified atom stereocenters. The van der Waals surface area contributed by atoms with E-state index >= 15 is 0 Å². The Labute approximate surface area is 157 Å². The van der Waals surface area contributed by atoms with Gasteiger partial charge in [-0.3, -0.25) is 14.4 Å². The second kappa shape index (κ2) is 12.0. The van der Waals surface area contributed by atoms with Crippen molar-refractivity contribution in [1.29, 1.82) is 0 Å². The zero-order valence-electron chi connectivity index (χ0n) is 15.0. The summed E-state index contributed by atoms with van der Waals surface area (Å²) < 4.78 is 0. The van der Waals surface area contributed by atoms with Crippen molar-refractivity contribution in [2.75, 3.05) is 6.54 Å². The van der Waals surface area contributed by atoms with Gasteiger partial charge in [0.2, 0.25) is 11.8 Å². The van der Waals surface area contributed by atoms with Gasteiger partial charge in [-0.25, -0.2) is 4.79 Å². The fourth-order valence-corrected chi connectivity index (χ4v) is 2.73. The minimum Gasteiger partial charge on any atom is -0.352 e. The third kappa shape index (κ3) is 9.59. The molecule has 0 aromatic heterocycles. The zero-order chi connectivity index (χ0) is 19.6. The first-order chi connectivity index (χ1) is 11.6. The molecule has 3 atom stereocenters. The molecule has 8 nitrogen and oxygen atoms in total. The second-order valence-corrected chi connectivity index (χ2v) is 7.62. The third-order valence-electron chi connectivity index (χ3n) is 3.50. The number of primary amides is 1. The van der Waals surface area contributed by atoms with Crippen LogP contribution in [0.3, 0.4) is 0 Å². The van der Waals surface area contributed by atoms with E-state index in [4.69, 9.17) is 5.73 Å². The Morgan fingerprint density at radius 3 is 2.16 bits per heavy atom. The monoisotopic (exact) mass is 392 g/mol. The van der Waals surface area contributed by atoms with Gasteiger partial charge in [-0.1, -0.05) is 24.6 Å². The van der Waals surface area contributed by atoms with E-state index in [1.807, 2.05) is 0 Å². The highest BCUT2D eigenvalue weighted by molar-refractivity contribution is 8.69. The number of Topliss-reactive ketones (excluding diaryl/α,β-unsaturated/α-hetero) is 1. The molecule has 0 fully saturated rings. The van der Waals surface area contributed by atoms with Gasteiger partial charge in [0.05, 0.1) is 11.3 Å². The van der Waals surface area contributed by atoms with Crippen molar-refractivity contribution in [3.63, 3.8) is 0 Å². The van der Waals surface area contributed by atoms with Crippen molar-refractivity contribution in [3.05, 3.63) is 0 Å². The highest BCUT2D eigenvalue weighted by atomic mass is 33.1. The number of ketones is 1. The first kappa shape index (κ1) is 23.6. The van der Waals surface area contributed by atoms with Crippen LogP contribution in [-0.2, 0) is 14.4 Å². The van der Waals surface area contributed by atoms with Crippen molar-refractivity contribution in [3.8, 4) is 0 Å². The Hall–Kier alpha value is -1.42. The van der Waals surface area contributed by atoms with Crippen molar-refractivity contribution in [1.82, 2.24) is 16.0 Å². The minimum absolute atomic E-state index is 0.132. The quantitative estimate of drug-likeness (QED) is 0.200. The van der Waals surface area contributed by atoms with E-state index in [0.717, 1.165) is 10.8 Å². The Balaban J connectivity index is 4.99. The number of carbonyl (C=O) groups excluding carboxylic acids is 4. The van der Waals surface area contributed by atoms with Crippen LogP contribution in [0.15, 0.2) is 0 Å². The third-order valence-corrected chi connectivity index (χ3v) is 4.99. The predicted molar refractivity (Wildman–Crippen MR) is 102 cm³/mol. The summed E-state index contributed by atoms with van der Waals surface area (Å²) in [6.45, 7) is 6.95. The van der Waals surface area contributed by atoms with Gasteiger partial charge in [-0.2, -0.15) is 0 Å². The number of nitrogens with two attached hydrogens (primary N) is 1. The van der Waals surface area contributed by atoms with Gasteiger partial charge in [0.15, 0.2) is 5.78 Å². The zero-order valence-corrected chi connectivity index (χ0v) is 16.7. The molecule has 144 valence electrons. The van der Waals surface area contributed by atoms with E-state index < -0.39 is 29.3 Å². The standard InChI is InChI=1S/C15H28N4O4S2/c1-8(2)12(18-10(4)20)14(22)19-11(13(21)9(3)25-24)6-5-7-17-15(16)23/h8-9,11-12,24H,5-7H2,1-4H3,(H,18,20)(H,19,22)(H3,16,17,23)/t9?,11-,12-/m0/s1. The number of urea groups is 1. The van der Waals surface area contributed by atoms with Crippen LogP contribution >= 0.6 is 22.5 Å². The van der Waals surface area contributed by atoms with Gasteiger partial charge in [0, 0.05) is 13.5 Å². The lowest BCUT2D eigenvalue weighted by atomic mass is 10.00. The maximum Gasteiger partial charge on any atom is 0.312 e. The number of hydrogen-bond acceptors (Lipinski definition) is 6. The highest BCUT2D eigenvalue weighted by Gasteiger charge is 2.29. The number of thiol groups is 1. The van der Waals surface area contributed by atoms with Crippen LogP contribution in [0.4, 0.5) is 4.79 Å². The Morgan fingerprint density at radius 1 is 1.12 bits per heavy atom. The first-order valence-corrected chi connectivity index (χ1v) is 9.98. The van der Waals surface area contributed by atoms with Crippen LogP contribution in [0, 0.1) is 5.92 Å². The Kier molecular flexibility index (Phi) is 11.3. The van der Waals surface area contributed by atoms with E-state index in [1.54, 1.807) is 20.8 Å². The molecule has 4 amide bonds. The molecule has 5 N–H and O–H groups in total. The maximum absolute atomic E-state index is 12.5. The smallest absolute Gasteiger partial charge is 0.312 e. The van der Waals surface area contributed by atoms with E-state index in [9.17, 15) is 19.2 Å². The van der Waals surface area contributed by atoms with Gasteiger partial charge in [-0.05, 0) is 25.7 Å². The fourth-order valence-electron chi connectivity index (χ4n) is 2.15. The number of hydrogen-bond donors (Lipinski definition) is 5. The van der Waals surface area contributed by atoms with Gasteiger partial charge in [0.25, 0.3) is 0 Å². The van der Waals surface area contributed by atoms with Crippen molar-refractivity contribution in [2.24, 2.45) is 11.7 Å². The molecular formula is C15H28N4O4S2. The van der Waals surface area contributed by atoms with Gasteiger partial charge < -0.3 is 21.7 Å². The molecule has 25 heavy (non-hydrogen) atoms. The lowest BCUT2D eigenvalue weighted by Crippen LogP contribution is -2.54. The average Bonchev–Trinajstić information content (AvgIpc) is 2.52. The molecule has 0 bridgehead atoms. The summed E-state index contributed by atoms with van der Waals surface area (Å²) in [5.41, 5.74) is 5.00. The average molecular weight is 393 g/mol. The highest BCUT2D eigenvalue weighted by Crippen LogP contribution is 2.18. The summed E-state index contributed by atoms with van der Waals surface area (Å²) in [6, 6.07) is -2.10. The molecule has 0 aliphatic rings. The maximum atomic E-state index is 12.5. The normalized spacial score (nSPS) is 14.3. The number of amides is 4. The number of rotatable bonds is 11. The van der Waals surface area contributed by atoms with Crippen LogP contribution in [0.2, 0.25) is 0 Å². The molecule has 0 aliphatic carbocycles. The molecule has 0 rings (SSSR count). The minimum atomic E-state index is -0.730. The molecular weight excluding hydrogens is 364 g/mol. The molecule has 10 heteroatoms. The van der Waals surface area contributed by atoms with E-state index in [-0.39, 0.29) is 17.6 Å². The summed E-state index contributed by atoms with van der Waals surface area (Å²) in [7, 11) is 1.09. The largest absolute Gasteiger partial charge is 0.352 e. The first-order valence-electron chi connectivity index (χ1n) is 8.04. The van der Waals surface area contributed by atoms with Gasteiger partial charge in [-0.15, -0.1) is 11.7 Å². The molecule has 0 aromatic carbocycles. The molecule has 0 aliphatic heterocycles. The molecule has 0 spiro atoms. The molecule has 0 saturated heterocycles. The second-order valence-electron chi connectivity index (χ2n) is 6.07. The predicted octanol–water partition coefficient (Wildman–Crippen LogP) is 0.616. The summed E-state index contributed by atoms with van der Waals surface area (Å²) in [6.07, 6.45) is 0.810. The number of carbonyl (C=O) groups is 4. The van der Waals surface area contributed by atoms with Crippen molar-refractivity contribution in [2.45, 2.75) is 57.9 Å². The molecule has 0 saturated carbocycles. The molecule has 0 heterocycles. The lowest BCUT2D eigenvalue weighted by molar-refractivity contribution is -0.131. The Bertz CT molecular complexity index is 488. The lowest BCUT2D eigenvalue weighted by Gasteiger charge is -2.25. The van der Waals surface area contributed by atoms with E-state index in [1.165, 1.54) is 6.92 Å². The topological polar surface area (TPSA) is 130 Å². The summed E-state index contributed by atoms with van der Waals surface area (Å²) >= 11 is 4.05. The van der Waals surface area contributed by atoms with Crippen LogP contribution in [0.5, 0.6) is 0 Å². The summed E-state index contributed by atoms with van der Waals surface area (Å²) in [5, 5.41) is 7.34. The van der Waals surface area contributed by atoms with E-state index in [0.29, 0.717) is 19.4 Å². The Morgan fingerprint density at radius 2 is 1.72 bits per heavy atom. The van der Waals surface area contributed by atoms with Crippen LogP contribution in [-0.4, -0.2) is 47.5 Å². The van der Waals surface area contributed by atoms with Gasteiger partial charge >= 0.3 is 6.03 Å². The molecule has 0 radical (unpaired) electrons. The fraction of sp³-hybridized carbons (Fsp3) is 0.733. The molecule has 0 aromatic rings. The van der Waals surface area contributed by atoms with Crippen LogP contribution in [0.25, 0.3) is 0 Å². The van der Waals surface area contributed by atoms with Crippen LogP contribution in [0.1, 0.15) is 40.5 Å². The summed E-state index contributed by atoms with van der Waals surface area (Å²) in [4.78, 5) is 46.9. The van der Waals surface area contributed by atoms with Crippen molar-refractivity contribution >= 4 is 46.1 Å². The van der Waals surface area contributed by atoms with Gasteiger partial charge in [0.1, 0.15) is 6.04 Å². The van der Waals surface area contributed by atoms with E-state index in [2.05, 4.69) is 27.6 Å². The number of nitrogens with one attached hydrogen (secondary N) is 3. The SMILES string of the molecule is CC(=O)N[C@H](C(=O)N[C@@H](CCCNC(N)=O)C(=O)C(C)SS)C(C)C. The summed E-state index contributed by atoms with van der Waals surface area (Å²) in [5.74, 6) is -1.03. The van der Waals surface area contributed by atoms with Crippen LogP contribution < -0.4 is 21.7 Å².